The van der Waals surface area contributed by atoms with Crippen LogP contribution in [0, 0.1) is 15.7 Å². The number of aromatic nitrogens is 2. The highest BCUT2D eigenvalue weighted by Crippen LogP contribution is 2.25. The second kappa shape index (κ2) is 7.76. The molecule has 0 spiro atoms. The number of hydrogen-bond acceptors (Lipinski definition) is 5. The number of amides is 1. The standard InChI is InChI=1S/C16H18FN3OS3/c1-11-3-2-8-19(9-11)14(21)10-23-15-18-20(16(22)24-15)13-6-4-12(17)5-7-13/h4-7,11H,2-3,8-10H2,1H3/t11-/m0/s1. The van der Waals surface area contributed by atoms with E-state index in [1.807, 2.05) is 4.90 Å². The number of thioether (sulfide) groups is 1. The summed E-state index contributed by atoms with van der Waals surface area (Å²) in [7, 11) is 0. The average Bonchev–Trinajstić information content (AvgIpc) is 2.94. The van der Waals surface area contributed by atoms with Gasteiger partial charge in [-0.05, 0) is 55.2 Å². The highest BCUT2D eigenvalue weighted by molar-refractivity contribution is 8.01. The lowest BCUT2D eigenvalue weighted by Gasteiger charge is -2.30. The Morgan fingerprint density at radius 3 is 2.92 bits per heavy atom. The summed E-state index contributed by atoms with van der Waals surface area (Å²) in [5.41, 5.74) is 0.723. The van der Waals surface area contributed by atoms with Gasteiger partial charge in [0.2, 0.25) is 5.91 Å². The fraction of sp³-hybridized carbons (Fsp3) is 0.438. The number of nitrogens with zero attached hydrogens (tertiary/aromatic N) is 3. The molecule has 1 aliphatic heterocycles. The molecule has 1 atom stereocenters. The topological polar surface area (TPSA) is 38.1 Å². The van der Waals surface area contributed by atoms with Gasteiger partial charge in [-0.25, -0.2) is 9.07 Å². The van der Waals surface area contributed by atoms with Crippen LogP contribution in [0.4, 0.5) is 4.39 Å². The van der Waals surface area contributed by atoms with Crippen LogP contribution in [-0.4, -0.2) is 39.4 Å². The van der Waals surface area contributed by atoms with Crippen LogP contribution in [0.2, 0.25) is 0 Å². The fourth-order valence-electron chi connectivity index (χ4n) is 2.70. The molecule has 1 fully saturated rings. The molecule has 1 aliphatic rings. The first kappa shape index (κ1) is 17.6. The SMILES string of the molecule is C[C@H]1CCCN(C(=O)CSc2nn(-c3ccc(F)cc3)c(=S)s2)C1. The Balaban J connectivity index is 1.64. The van der Waals surface area contributed by atoms with Gasteiger partial charge in [0.1, 0.15) is 5.82 Å². The van der Waals surface area contributed by atoms with Gasteiger partial charge in [-0.15, -0.1) is 5.10 Å². The number of piperidine rings is 1. The molecule has 1 aromatic heterocycles. The van der Waals surface area contributed by atoms with Crippen molar-refractivity contribution >= 4 is 41.2 Å². The van der Waals surface area contributed by atoms with Crippen molar-refractivity contribution in [2.75, 3.05) is 18.8 Å². The zero-order chi connectivity index (χ0) is 17.1. The molecule has 24 heavy (non-hydrogen) atoms. The molecule has 3 rings (SSSR count). The maximum atomic E-state index is 13.0. The van der Waals surface area contributed by atoms with Gasteiger partial charge in [0.15, 0.2) is 8.29 Å². The maximum Gasteiger partial charge on any atom is 0.233 e. The Morgan fingerprint density at radius 2 is 2.21 bits per heavy atom. The summed E-state index contributed by atoms with van der Waals surface area (Å²) >= 11 is 8.10. The average molecular weight is 384 g/mol. The third kappa shape index (κ3) is 4.23. The predicted molar refractivity (Wildman–Crippen MR) is 97.9 cm³/mol. The molecule has 0 unspecified atom stereocenters. The van der Waals surface area contributed by atoms with Gasteiger partial charge in [-0.3, -0.25) is 4.79 Å². The second-order valence-electron chi connectivity index (χ2n) is 5.90. The monoisotopic (exact) mass is 383 g/mol. The van der Waals surface area contributed by atoms with E-state index in [0.29, 0.717) is 15.6 Å². The first-order chi connectivity index (χ1) is 11.5. The molecule has 2 heterocycles. The normalized spacial score (nSPS) is 17.9. The summed E-state index contributed by atoms with van der Waals surface area (Å²) in [6.07, 6.45) is 2.27. The van der Waals surface area contributed by atoms with Crippen LogP contribution in [0.5, 0.6) is 0 Å². The zero-order valence-corrected chi connectivity index (χ0v) is 15.7. The molecule has 4 nitrogen and oxygen atoms in total. The largest absolute Gasteiger partial charge is 0.342 e. The van der Waals surface area contributed by atoms with Gasteiger partial charge in [0.05, 0.1) is 11.4 Å². The minimum absolute atomic E-state index is 0.154. The van der Waals surface area contributed by atoms with Crippen LogP contribution in [0.3, 0.4) is 0 Å². The third-order valence-corrected chi connectivity index (χ3v) is 6.28. The Kier molecular flexibility index (Phi) is 5.68. The first-order valence-corrected chi connectivity index (χ1v) is 10.0. The summed E-state index contributed by atoms with van der Waals surface area (Å²) in [6.45, 7) is 3.88. The lowest BCUT2D eigenvalue weighted by Crippen LogP contribution is -2.40. The van der Waals surface area contributed by atoms with Crippen molar-refractivity contribution in [3.05, 3.63) is 34.0 Å². The Morgan fingerprint density at radius 1 is 1.46 bits per heavy atom. The highest BCUT2D eigenvalue weighted by Gasteiger charge is 2.21. The van der Waals surface area contributed by atoms with E-state index in [1.54, 1.807) is 16.8 Å². The van der Waals surface area contributed by atoms with E-state index in [4.69, 9.17) is 12.2 Å². The van der Waals surface area contributed by atoms with Gasteiger partial charge in [0, 0.05) is 13.1 Å². The first-order valence-electron chi connectivity index (χ1n) is 7.79. The Bertz CT molecular complexity index is 772. The highest BCUT2D eigenvalue weighted by atomic mass is 32.2. The number of carbonyl (C=O) groups is 1. The minimum atomic E-state index is -0.295. The maximum absolute atomic E-state index is 13.0. The minimum Gasteiger partial charge on any atom is -0.342 e. The van der Waals surface area contributed by atoms with Crippen LogP contribution in [0.15, 0.2) is 28.6 Å². The smallest absolute Gasteiger partial charge is 0.233 e. The Labute approximate surface area is 153 Å². The van der Waals surface area contributed by atoms with E-state index in [2.05, 4.69) is 12.0 Å². The lowest BCUT2D eigenvalue weighted by molar-refractivity contribution is -0.130. The number of benzene rings is 1. The molecule has 8 heteroatoms. The van der Waals surface area contributed by atoms with Crippen molar-refractivity contribution in [1.82, 2.24) is 14.7 Å². The van der Waals surface area contributed by atoms with Gasteiger partial charge in [-0.2, -0.15) is 0 Å². The van der Waals surface area contributed by atoms with Crippen LogP contribution < -0.4 is 0 Å². The van der Waals surface area contributed by atoms with Crippen molar-refractivity contribution in [3.8, 4) is 5.69 Å². The molecular weight excluding hydrogens is 365 g/mol. The molecule has 2 aromatic rings. The van der Waals surface area contributed by atoms with Crippen molar-refractivity contribution in [1.29, 1.82) is 0 Å². The number of likely N-dealkylation sites (tertiary alicyclic amines) is 1. The summed E-state index contributed by atoms with van der Waals surface area (Å²) in [5.74, 6) is 0.809. The van der Waals surface area contributed by atoms with Gasteiger partial charge in [0.25, 0.3) is 0 Å². The van der Waals surface area contributed by atoms with Crippen LogP contribution >= 0.6 is 35.3 Å². The van der Waals surface area contributed by atoms with E-state index < -0.39 is 0 Å². The second-order valence-corrected chi connectivity index (χ2v) is 8.74. The van der Waals surface area contributed by atoms with E-state index in [9.17, 15) is 9.18 Å². The molecule has 0 saturated carbocycles. The summed E-state index contributed by atoms with van der Waals surface area (Å²) in [4.78, 5) is 14.3. The van der Waals surface area contributed by atoms with Crippen LogP contribution in [0.1, 0.15) is 19.8 Å². The van der Waals surface area contributed by atoms with Crippen molar-refractivity contribution in [2.45, 2.75) is 24.1 Å². The van der Waals surface area contributed by atoms with E-state index in [1.165, 1.54) is 41.7 Å². The summed E-state index contributed by atoms with van der Waals surface area (Å²) in [6, 6.07) is 6.04. The van der Waals surface area contributed by atoms with E-state index in [-0.39, 0.29) is 11.7 Å². The van der Waals surface area contributed by atoms with Gasteiger partial charge in [-0.1, -0.05) is 30.0 Å². The zero-order valence-electron chi connectivity index (χ0n) is 13.3. The number of carbonyl (C=O) groups excluding carboxylic acids is 1. The summed E-state index contributed by atoms with van der Waals surface area (Å²) in [5, 5.41) is 4.44. The molecule has 1 saturated heterocycles. The molecule has 1 aromatic carbocycles. The molecule has 0 bridgehead atoms. The molecular formula is C16H18FN3OS3. The number of hydrogen-bond donors (Lipinski definition) is 0. The lowest BCUT2D eigenvalue weighted by atomic mass is 10.0. The van der Waals surface area contributed by atoms with Crippen LogP contribution in [0.25, 0.3) is 5.69 Å². The van der Waals surface area contributed by atoms with Crippen molar-refractivity contribution in [2.24, 2.45) is 5.92 Å². The van der Waals surface area contributed by atoms with Gasteiger partial charge >= 0.3 is 0 Å². The van der Waals surface area contributed by atoms with E-state index >= 15 is 0 Å². The van der Waals surface area contributed by atoms with Crippen molar-refractivity contribution in [3.63, 3.8) is 0 Å². The quantitative estimate of drug-likeness (QED) is 0.587. The molecule has 0 radical (unpaired) electrons. The Hall–Kier alpha value is -1.25. The fourth-order valence-corrected chi connectivity index (χ4v) is 4.96. The molecule has 0 aliphatic carbocycles. The molecule has 1 amide bonds. The molecule has 128 valence electrons. The van der Waals surface area contributed by atoms with Crippen LogP contribution in [-0.2, 0) is 4.79 Å². The number of rotatable bonds is 4. The predicted octanol–water partition coefficient (Wildman–Crippen LogP) is 4.15. The molecule has 0 N–H and O–H groups in total. The van der Waals surface area contributed by atoms with Gasteiger partial charge < -0.3 is 4.90 Å². The summed E-state index contributed by atoms with van der Waals surface area (Å²) < 4.78 is 16.0. The third-order valence-electron chi connectivity index (χ3n) is 3.93. The number of halogens is 1. The van der Waals surface area contributed by atoms with Crippen molar-refractivity contribution < 1.29 is 9.18 Å². The van der Waals surface area contributed by atoms with E-state index in [0.717, 1.165) is 29.5 Å².